The van der Waals surface area contributed by atoms with Crippen molar-refractivity contribution >= 4 is 40.5 Å². The van der Waals surface area contributed by atoms with E-state index in [1.807, 2.05) is 24.3 Å². The number of para-hydroxylation sites is 1. The molecule has 13 heteroatoms. The van der Waals surface area contributed by atoms with Gasteiger partial charge in [-0.1, -0.05) is 44.2 Å². The van der Waals surface area contributed by atoms with Crippen LogP contribution in [0.2, 0.25) is 0 Å². The zero-order valence-corrected chi connectivity index (χ0v) is 23.3. The molecule has 0 saturated carbocycles. The van der Waals surface area contributed by atoms with Crippen LogP contribution in [0.25, 0.3) is 10.9 Å². The van der Waals surface area contributed by atoms with Crippen molar-refractivity contribution in [1.82, 2.24) is 20.9 Å². The SMILES string of the molecule is CC(C)C(N)C(=O)NC(Cc1c[nH]c2ccccc12)C(=O)NC(Cc1ccc(O)cc1)C(=O)NC(CC(N)=O)C(=O)O. The monoisotopic (exact) mass is 580 g/mol. The maximum Gasteiger partial charge on any atom is 0.326 e. The average molecular weight is 581 g/mol. The third-order valence-corrected chi connectivity index (χ3v) is 6.78. The maximum atomic E-state index is 13.7. The van der Waals surface area contributed by atoms with Gasteiger partial charge in [0, 0.05) is 29.9 Å². The molecule has 3 rings (SSSR count). The highest BCUT2D eigenvalue weighted by atomic mass is 16.4. The summed E-state index contributed by atoms with van der Waals surface area (Å²) in [7, 11) is 0. The molecule has 0 aliphatic rings. The molecular formula is C29H36N6O7. The number of phenolic OH excluding ortho intramolecular Hbond substituents is 1. The molecule has 4 unspecified atom stereocenters. The van der Waals surface area contributed by atoms with Crippen molar-refractivity contribution in [3.63, 3.8) is 0 Å². The predicted molar refractivity (Wildman–Crippen MR) is 154 cm³/mol. The Balaban J connectivity index is 1.91. The van der Waals surface area contributed by atoms with E-state index < -0.39 is 60.2 Å². The Morgan fingerprint density at radius 2 is 1.40 bits per heavy atom. The number of benzene rings is 2. The van der Waals surface area contributed by atoms with E-state index in [2.05, 4.69) is 20.9 Å². The van der Waals surface area contributed by atoms with Gasteiger partial charge < -0.3 is 42.6 Å². The molecule has 0 radical (unpaired) electrons. The molecule has 0 aliphatic carbocycles. The van der Waals surface area contributed by atoms with E-state index in [1.165, 1.54) is 24.3 Å². The number of primary amides is 1. The number of aromatic amines is 1. The zero-order valence-electron chi connectivity index (χ0n) is 23.3. The first-order valence-corrected chi connectivity index (χ1v) is 13.4. The summed E-state index contributed by atoms with van der Waals surface area (Å²) in [5.74, 6) is -4.82. The molecule has 4 amide bonds. The van der Waals surface area contributed by atoms with Crippen molar-refractivity contribution in [2.45, 2.75) is 57.3 Å². The van der Waals surface area contributed by atoms with E-state index in [9.17, 15) is 34.2 Å². The van der Waals surface area contributed by atoms with E-state index in [0.29, 0.717) is 5.56 Å². The Morgan fingerprint density at radius 3 is 2.00 bits per heavy atom. The van der Waals surface area contributed by atoms with Gasteiger partial charge in [0.05, 0.1) is 12.5 Å². The summed E-state index contributed by atoms with van der Waals surface area (Å²) in [5.41, 5.74) is 13.3. The Labute approximate surface area is 242 Å². The highest BCUT2D eigenvalue weighted by Gasteiger charge is 2.32. The van der Waals surface area contributed by atoms with E-state index in [0.717, 1.165) is 16.5 Å². The minimum atomic E-state index is -1.63. The second-order valence-electron chi connectivity index (χ2n) is 10.4. The number of carbonyl (C=O) groups is 5. The molecule has 0 spiro atoms. The molecule has 0 fully saturated rings. The second-order valence-corrected chi connectivity index (χ2v) is 10.4. The van der Waals surface area contributed by atoms with Crippen molar-refractivity contribution in [2.75, 3.05) is 0 Å². The van der Waals surface area contributed by atoms with Crippen molar-refractivity contribution in [2.24, 2.45) is 17.4 Å². The molecule has 224 valence electrons. The first kappa shape index (κ1) is 31.6. The molecular weight excluding hydrogens is 544 g/mol. The topological polar surface area (TPSA) is 230 Å². The van der Waals surface area contributed by atoms with Crippen LogP contribution in [-0.2, 0) is 36.8 Å². The Kier molecular flexibility index (Phi) is 10.6. The number of amides is 4. The van der Waals surface area contributed by atoms with E-state index in [-0.39, 0.29) is 24.5 Å². The highest BCUT2D eigenvalue weighted by Crippen LogP contribution is 2.20. The zero-order chi connectivity index (χ0) is 31.0. The van der Waals surface area contributed by atoms with Gasteiger partial charge in [-0.3, -0.25) is 19.2 Å². The number of carbonyl (C=O) groups excluding carboxylic acids is 4. The summed E-state index contributed by atoms with van der Waals surface area (Å²) in [6, 6.07) is 8.28. The first-order chi connectivity index (χ1) is 19.8. The molecule has 0 saturated heterocycles. The normalized spacial score (nSPS) is 14.0. The number of aliphatic carboxylic acids is 1. The van der Waals surface area contributed by atoms with Crippen LogP contribution in [0.15, 0.2) is 54.7 Å². The average Bonchev–Trinajstić information content (AvgIpc) is 3.34. The highest BCUT2D eigenvalue weighted by molar-refractivity contribution is 5.95. The van der Waals surface area contributed by atoms with Gasteiger partial charge in [0.25, 0.3) is 0 Å². The number of aromatic hydroxyl groups is 1. The predicted octanol–water partition coefficient (Wildman–Crippen LogP) is 0.0564. The molecule has 1 heterocycles. The van der Waals surface area contributed by atoms with Crippen LogP contribution >= 0.6 is 0 Å². The number of aromatic nitrogens is 1. The number of H-pyrrole nitrogens is 1. The van der Waals surface area contributed by atoms with Crippen molar-refractivity contribution in [3.05, 3.63) is 65.9 Å². The fourth-order valence-corrected chi connectivity index (χ4v) is 4.32. The van der Waals surface area contributed by atoms with Crippen molar-refractivity contribution < 1.29 is 34.2 Å². The molecule has 0 aliphatic heterocycles. The molecule has 1 aromatic heterocycles. The van der Waals surface area contributed by atoms with Crippen LogP contribution in [0.5, 0.6) is 5.75 Å². The lowest BCUT2D eigenvalue weighted by atomic mass is 10.00. The van der Waals surface area contributed by atoms with Gasteiger partial charge in [0.15, 0.2) is 0 Å². The number of carboxylic acids is 1. The van der Waals surface area contributed by atoms with Gasteiger partial charge in [-0.05, 0) is 35.2 Å². The maximum absolute atomic E-state index is 13.7. The Morgan fingerprint density at radius 1 is 0.833 bits per heavy atom. The number of phenols is 1. The van der Waals surface area contributed by atoms with Crippen LogP contribution in [0.1, 0.15) is 31.4 Å². The van der Waals surface area contributed by atoms with Gasteiger partial charge in [-0.2, -0.15) is 0 Å². The fourth-order valence-electron chi connectivity index (χ4n) is 4.32. The minimum absolute atomic E-state index is 0.0146. The fraction of sp³-hybridized carbons (Fsp3) is 0.345. The van der Waals surface area contributed by atoms with E-state index >= 15 is 0 Å². The third-order valence-electron chi connectivity index (χ3n) is 6.78. The van der Waals surface area contributed by atoms with Gasteiger partial charge >= 0.3 is 5.97 Å². The first-order valence-electron chi connectivity index (χ1n) is 13.4. The summed E-state index contributed by atoms with van der Waals surface area (Å²) in [5, 5.41) is 27.5. The van der Waals surface area contributed by atoms with Crippen molar-refractivity contribution in [3.8, 4) is 5.75 Å². The molecule has 3 aromatic rings. The largest absolute Gasteiger partial charge is 0.508 e. The second kappa shape index (κ2) is 14.1. The number of nitrogens with one attached hydrogen (secondary N) is 4. The molecule has 13 nitrogen and oxygen atoms in total. The van der Waals surface area contributed by atoms with Gasteiger partial charge in [0.1, 0.15) is 23.9 Å². The van der Waals surface area contributed by atoms with Crippen LogP contribution in [0.3, 0.4) is 0 Å². The number of nitrogens with two attached hydrogens (primary N) is 2. The number of rotatable bonds is 14. The van der Waals surface area contributed by atoms with Crippen LogP contribution in [0.4, 0.5) is 0 Å². The number of hydrogen-bond donors (Lipinski definition) is 8. The Bertz CT molecular complexity index is 1440. The third kappa shape index (κ3) is 8.54. The minimum Gasteiger partial charge on any atom is -0.508 e. The summed E-state index contributed by atoms with van der Waals surface area (Å²) in [6.07, 6.45) is 1.02. The summed E-state index contributed by atoms with van der Waals surface area (Å²) in [6.45, 7) is 3.53. The lowest BCUT2D eigenvalue weighted by Crippen LogP contribution is -2.58. The smallest absolute Gasteiger partial charge is 0.326 e. The molecule has 2 aromatic carbocycles. The lowest BCUT2D eigenvalue weighted by molar-refractivity contribution is -0.143. The van der Waals surface area contributed by atoms with Crippen LogP contribution in [0, 0.1) is 5.92 Å². The Hall–Kier alpha value is -4.91. The number of carboxylic acid groups (broad SMARTS) is 1. The molecule has 10 N–H and O–H groups in total. The molecule has 0 bridgehead atoms. The van der Waals surface area contributed by atoms with Gasteiger partial charge in [0.2, 0.25) is 23.6 Å². The number of fused-ring (bicyclic) bond motifs is 1. The van der Waals surface area contributed by atoms with Gasteiger partial charge in [-0.25, -0.2) is 4.79 Å². The van der Waals surface area contributed by atoms with Crippen molar-refractivity contribution in [1.29, 1.82) is 0 Å². The van der Waals surface area contributed by atoms with Crippen LogP contribution < -0.4 is 27.4 Å². The summed E-state index contributed by atoms with van der Waals surface area (Å²) < 4.78 is 0. The quantitative estimate of drug-likeness (QED) is 0.130. The number of hydrogen-bond acceptors (Lipinski definition) is 7. The molecule has 42 heavy (non-hydrogen) atoms. The standard InChI is InChI=1S/C29H36N6O7/c1-15(2)25(31)28(40)34-22(12-17-14-32-20-6-4-3-5-19(17)20)27(39)33-21(11-16-7-9-18(36)10-8-16)26(38)35-23(29(41)42)13-24(30)37/h3-10,14-15,21-23,25,32,36H,11-13,31H2,1-2H3,(H2,30,37)(H,33,39)(H,34,40)(H,35,38)(H,41,42). The lowest BCUT2D eigenvalue weighted by Gasteiger charge is -2.26. The summed E-state index contributed by atoms with van der Waals surface area (Å²) in [4.78, 5) is 66.0. The van der Waals surface area contributed by atoms with Gasteiger partial charge in [-0.15, -0.1) is 0 Å². The molecule has 4 atom stereocenters. The van der Waals surface area contributed by atoms with Crippen LogP contribution in [-0.4, -0.2) is 69.0 Å². The van der Waals surface area contributed by atoms with E-state index in [4.69, 9.17) is 11.5 Å². The summed E-state index contributed by atoms with van der Waals surface area (Å²) >= 11 is 0. The van der Waals surface area contributed by atoms with E-state index in [1.54, 1.807) is 20.0 Å².